The summed E-state index contributed by atoms with van der Waals surface area (Å²) in [5.74, 6) is -0.100. The minimum atomic E-state index is -1.06. The van der Waals surface area contributed by atoms with Gasteiger partial charge in [0, 0.05) is 23.7 Å². The van der Waals surface area contributed by atoms with Gasteiger partial charge in [0.15, 0.2) is 5.60 Å². The Labute approximate surface area is 249 Å². The predicted octanol–water partition coefficient (Wildman–Crippen LogP) is 4.57. The summed E-state index contributed by atoms with van der Waals surface area (Å²) in [6.45, 7) is 3.87. The minimum Gasteiger partial charge on any atom is -0.447 e. The van der Waals surface area contributed by atoms with Gasteiger partial charge in [0.1, 0.15) is 18.4 Å². The molecule has 7 rings (SSSR count). The molecule has 3 aliphatic rings. The lowest BCUT2D eigenvalue weighted by atomic mass is 9.83. The molecule has 4 atom stereocenters. The average molecular weight is 580 g/mol. The second-order valence-electron chi connectivity index (χ2n) is 11.5. The summed E-state index contributed by atoms with van der Waals surface area (Å²) in [6.07, 6.45) is 1.80. The van der Waals surface area contributed by atoms with Crippen LogP contribution in [0.2, 0.25) is 0 Å². The summed E-state index contributed by atoms with van der Waals surface area (Å²) < 4.78 is 13.6. The molecule has 10 nitrogen and oxygen atoms in total. The Morgan fingerprint density at radius 3 is 2.67 bits per heavy atom. The molecule has 0 bridgehead atoms. The Hall–Kier alpha value is -4.54. The number of aliphatic hydroxyl groups is 1. The molecule has 3 aromatic carbocycles. The standard InChI is InChI=1S/C33H33N5O5/c1-22-18-26(14-15-36-21-28(34-35-36)30(39)24-9-3-2-4-10-24)43-33(22)27-12-5-6-13-29(27)38(31(33)40)20-23-8-7-11-25(19-23)37-16-17-42-32(37)41/h2-13,19,21-22,26,30,39H,14-18,20H2,1H3/t22-,26+,30+,33+/m0/s1. The SMILES string of the molecule is C[C@H]1C[C@@H](CCn2cc([C@H](O)c3ccccc3)nn2)O[C@]12C(=O)N(Cc1cccc(N3CCOC3=O)c1)c1ccccc12. The highest BCUT2D eigenvalue weighted by atomic mass is 16.6. The summed E-state index contributed by atoms with van der Waals surface area (Å²) in [7, 11) is 0. The Morgan fingerprint density at radius 2 is 1.86 bits per heavy atom. The third-order valence-corrected chi connectivity index (χ3v) is 8.78. The van der Waals surface area contributed by atoms with Crippen molar-refractivity contribution < 1.29 is 24.2 Å². The van der Waals surface area contributed by atoms with Gasteiger partial charge in [-0.15, -0.1) is 5.10 Å². The van der Waals surface area contributed by atoms with Crippen LogP contribution >= 0.6 is 0 Å². The molecule has 1 aromatic heterocycles. The average Bonchev–Trinajstić information content (AvgIpc) is 3.81. The van der Waals surface area contributed by atoms with Crippen LogP contribution in [0.3, 0.4) is 0 Å². The van der Waals surface area contributed by atoms with Crippen LogP contribution in [0.5, 0.6) is 0 Å². The Bertz CT molecular complexity index is 1660. The molecule has 0 saturated carbocycles. The van der Waals surface area contributed by atoms with Crippen molar-refractivity contribution in [2.45, 2.75) is 50.7 Å². The number of rotatable bonds is 8. The fraction of sp³-hybridized carbons (Fsp3) is 0.333. The van der Waals surface area contributed by atoms with Crippen molar-refractivity contribution in [2.75, 3.05) is 23.0 Å². The Kier molecular flexibility index (Phi) is 6.95. The van der Waals surface area contributed by atoms with Crippen molar-refractivity contribution in [2.24, 2.45) is 5.92 Å². The van der Waals surface area contributed by atoms with Crippen molar-refractivity contribution in [3.63, 3.8) is 0 Å². The van der Waals surface area contributed by atoms with Crippen LogP contribution in [0.4, 0.5) is 16.2 Å². The van der Waals surface area contributed by atoms with Gasteiger partial charge in [-0.2, -0.15) is 0 Å². The molecule has 4 aromatic rings. The first kappa shape index (κ1) is 27.3. The predicted molar refractivity (Wildman–Crippen MR) is 158 cm³/mol. The quantitative estimate of drug-likeness (QED) is 0.326. The van der Waals surface area contributed by atoms with E-state index < -0.39 is 11.7 Å². The zero-order valence-corrected chi connectivity index (χ0v) is 23.9. The summed E-state index contributed by atoms with van der Waals surface area (Å²) in [6, 6.07) is 24.9. The summed E-state index contributed by atoms with van der Waals surface area (Å²) in [5, 5.41) is 19.1. The highest BCUT2D eigenvalue weighted by Crippen LogP contribution is 2.53. The molecular formula is C33H33N5O5. The third kappa shape index (κ3) is 4.76. The molecule has 4 heterocycles. The van der Waals surface area contributed by atoms with E-state index in [0.717, 1.165) is 34.5 Å². The van der Waals surface area contributed by atoms with Crippen LogP contribution in [0.15, 0.2) is 85.1 Å². The molecule has 0 unspecified atom stereocenters. The number of carbonyl (C=O) groups excluding carboxylic acids is 2. The van der Waals surface area contributed by atoms with Gasteiger partial charge >= 0.3 is 6.09 Å². The third-order valence-electron chi connectivity index (χ3n) is 8.78. The second-order valence-corrected chi connectivity index (χ2v) is 11.5. The number of carbonyl (C=O) groups is 2. The van der Waals surface area contributed by atoms with E-state index in [1.165, 1.54) is 0 Å². The van der Waals surface area contributed by atoms with Crippen molar-refractivity contribution >= 4 is 23.4 Å². The van der Waals surface area contributed by atoms with Crippen molar-refractivity contribution in [1.82, 2.24) is 15.0 Å². The number of aromatic nitrogens is 3. The molecule has 3 aliphatic heterocycles. The molecule has 2 amide bonds. The van der Waals surface area contributed by atoms with Gasteiger partial charge in [-0.1, -0.05) is 72.8 Å². The molecule has 43 heavy (non-hydrogen) atoms. The number of anilines is 2. The summed E-state index contributed by atoms with van der Waals surface area (Å²) in [4.78, 5) is 29.8. The van der Waals surface area contributed by atoms with Crippen LogP contribution in [0.25, 0.3) is 0 Å². The summed E-state index contributed by atoms with van der Waals surface area (Å²) >= 11 is 0. The van der Waals surface area contributed by atoms with Gasteiger partial charge < -0.3 is 19.5 Å². The molecule has 10 heteroatoms. The number of benzene rings is 3. The monoisotopic (exact) mass is 579 g/mol. The molecule has 0 radical (unpaired) electrons. The molecule has 2 fully saturated rings. The lowest BCUT2D eigenvalue weighted by molar-refractivity contribution is -0.146. The fourth-order valence-corrected chi connectivity index (χ4v) is 6.62. The van der Waals surface area contributed by atoms with Gasteiger partial charge in [0.2, 0.25) is 0 Å². The van der Waals surface area contributed by atoms with Gasteiger partial charge in [-0.25, -0.2) is 4.79 Å². The Balaban J connectivity index is 1.07. The van der Waals surface area contributed by atoms with Crippen LogP contribution in [-0.4, -0.2) is 51.4 Å². The number of amides is 2. The van der Waals surface area contributed by atoms with E-state index in [2.05, 4.69) is 17.2 Å². The first-order chi connectivity index (χ1) is 20.9. The maximum absolute atomic E-state index is 14.3. The van der Waals surface area contributed by atoms with E-state index in [1.54, 1.807) is 15.8 Å². The van der Waals surface area contributed by atoms with Crippen LogP contribution < -0.4 is 9.80 Å². The van der Waals surface area contributed by atoms with Crippen molar-refractivity contribution in [3.8, 4) is 0 Å². The highest BCUT2D eigenvalue weighted by molar-refractivity contribution is 6.07. The van der Waals surface area contributed by atoms with Gasteiger partial charge in [-0.3, -0.25) is 14.4 Å². The number of hydrogen-bond donors (Lipinski definition) is 1. The number of aryl methyl sites for hydroxylation is 1. The number of fused-ring (bicyclic) bond motifs is 2. The molecule has 0 aliphatic carbocycles. The van der Waals surface area contributed by atoms with E-state index in [0.29, 0.717) is 38.4 Å². The number of aliphatic hydroxyl groups excluding tert-OH is 1. The first-order valence-corrected chi connectivity index (χ1v) is 14.7. The van der Waals surface area contributed by atoms with Gasteiger partial charge in [0.05, 0.1) is 31.1 Å². The van der Waals surface area contributed by atoms with E-state index in [9.17, 15) is 14.7 Å². The summed E-state index contributed by atoms with van der Waals surface area (Å²) in [5.41, 5.74) is 3.61. The number of cyclic esters (lactones) is 1. The molecule has 1 N–H and O–H groups in total. The minimum absolute atomic E-state index is 0.0342. The van der Waals surface area contributed by atoms with E-state index >= 15 is 0 Å². The zero-order chi connectivity index (χ0) is 29.6. The number of para-hydroxylation sites is 1. The van der Waals surface area contributed by atoms with E-state index in [1.807, 2.05) is 83.8 Å². The molecule has 2 saturated heterocycles. The highest BCUT2D eigenvalue weighted by Gasteiger charge is 2.59. The second kappa shape index (κ2) is 10.9. The van der Waals surface area contributed by atoms with Crippen molar-refractivity contribution in [1.29, 1.82) is 0 Å². The molecule has 220 valence electrons. The number of nitrogens with zero attached hydrogens (tertiary/aromatic N) is 5. The molecular weight excluding hydrogens is 546 g/mol. The normalized spacial score (nSPS) is 23.7. The largest absolute Gasteiger partial charge is 0.447 e. The lowest BCUT2D eigenvalue weighted by Crippen LogP contribution is -2.43. The molecule has 1 spiro atoms. The topological polar surface area (TPSA) is 110 Å². The number of hydrogen-bond acceptors (Lipinski definition) is 7. The maximum Gasteiger partial charge on any atom is 0.414 e. The van der Waals surface area contributed by atoms with Gasteiger partial charge in [-0.05, 0) is 42.2 Å². The Morgan fingerprint density at radius 1 is 1.05 bits per heavy atom. The smallest absolute Gasteiger partial charge is 0.414 e. The zero-order valence-electron chi connectivity index (χ0n) is 23.9. The van der Waals surface area contributed by atoms with Crippen molar-refractivity contribution in [3.05, 3.63) is 107 Å². The maximum atomic E-state index is 14.3. The number of ether oxygens (including phenoxy) is 2. The van der Waals surface area contributed by atoms with Crippen LogP contribution in [0, 0.1) is 5.92 Å². The van der Waals surface area contributed by atoms with E-state index in [-0.39, 0.29) is 24.0 Å². The fourth-order valence-electron chi connectivity index (χ4n) is 6.62. The van der Waals surface area contributed by atoms with Gasteiger partial charge in [0.25, 0.3) is 5.91 Å². The van der Waals surface area contributed by atoms with Crippen LogP contribution in [-0.2, 0) is 33.0 Å². The van der Waals surface area contributed by atoms with Crippen LogP contribution in [0.1, 0.15) is 48.3 Å². The lowest BCUT2D eigenvalue weighted by Gasteiger charge is -2.28. The van der Waals surface area contributed by atoms with E-state index in [4.69, 9.17) is 9.47 Å². The first-order valence-electron chi connectivity index (χ1n) is 14.7.